The third-order valence-electron chi connectivity index (χ3n) is 2.22. The molecule has 0 saturated carbocycles. The topological polar surface area (TPSA) is 12.0 Å². The zero-order valence-corrected chi connectivity index (χ0v) is 9.86. The molecule has 14 heavy (non-hydrogen) atoms. The summed E-state index contributed by atoms with van der Waals surface area (Å²) in [5.74, 6) is 0. The first-order valence-electron chi connectivity index (χ1n) is 5.15. The predicted octanol–water partition coefficient (Wildman–Crippen LogP) is 3.23. The molecule has 1 N–H and O–H groups in total. The van der Waals surface area contributed by atoms with Gasteiger partial charge in [-0.3, -0.25) is 0 Å². The average Bonchev–Trinajstić information content (AvgIpc) is 2.64. The lowest BCUT2D eigenvalue weighted by molar-refractivity contribution is 0.567. The Morgan fingerprint density at radius 2 is 2.43 bits per heavy atom. The minimum absolute atomic E-state index is 0.439. The summed E-state index contributed by atoms with van der Waals surface area (Å²) in [4.78, 5) is 1.43. The van der Waals surface area contributed by atoms with Crippen molar-refractivity contribution in [1.29, 1.82) is 0 Å². The van der Waals surface area contributed by atoms with Crippen LogP contribution in [0, 0.1) is 0 Å². The Morgan fingerprint density at radius 3 is 2.93 bits per heavy atom. The van der Waals surface area contributed by atoms with Crippen molar-refractivity contribution < 1.29 is 0 Å². The summed E-state index contributed by atoms with van der Waals surface area (Å²) in [7, 11) is 0. The van der Waals surface area contributed by atoms with Crippen LogP contribution in [0.15, 0.2) is 29.7 Å². The molecular formula is C12H19NS. The van der Waals surface area contributed by atoms with Crippen LogP contribution in [-0.2, 0) is 6.42 Å². The van der Waals surface area contributed by atoms with Crippen LogP contribution in [0.25, 0.3) is 0 Å². The maximum absolute atomic E-state index is 4.03. The first-order chi connectivity index (χ1) is 6.74. The third kappa shape index (κ3) is 3.64. The molecule has 0 saturated heterocycles. The quantitative estimate of drug-likeness (QED) is 0.709. The predicted molar refractivity (Wildman–Crippen MR) is 64.9 cm³/mol. The van der Waals surface area contributed by atoms with Crippen LogP contribution in [0.4, 0.5) is 0 Å². The molecule has 1 aromatic rings. The van der Waals surface area contributed by atoms with Gasteiger partial charge in [0.25, 0.3) is 0 Å². The summed E-state index contributed by atoms with van der Waals surface area (Å²) in [5.41, 5.74) is 1.23. The molecule has 78 valence electrons. The molecule has 0 aliphatic heterocycles. The highest BCUT2D eigenvalue weighted by molar-refractivity contribution is 7.09. The molecule has 0 bridgehead atoms. The van der Waals surface area contributed by atoms with E-state index in [1.54, 1.807) is 0 Å². The van der Waals surface area contributed by atoms with Crippen LogP contribution in [0.2, 0.25) is 0 Å². The van der Waals surface area contributed by atoms with Crippen LogP contribution in [0.5, 0.6) is 0 Å². The van der Waals surface area contributed by atoms with Crippen molar-refractivity contribution >= 4 is 11.3 Å². The smallest absolute Gasteiger partial charge is 0.0322 e. The summed E-state index contributed by atoms with van der Waals surface area (Å²) in [5, 5.41) is 5.64. The minimum Gasteiger partial charge on any atom is -0.310 e. The van der Waals surface area contributed by atoms with E-state index in [9.17, 15) is 0 Å². The number of nitrogens with one attached hydrogen (secondary N) is 1. The molecule has 1 atom stereocenters. The van der Waals surface area contributed by atoms with Gasteiger partial charge in [-0.05, 0) is 31.3 Å². The molecule has 1 unspecified atom stereocenters. The summed E-state index contributed by atoms with van der Waals surface area (Å²) < 4.78 is 0. The first kappa shape index (κ1) is 11.5. The second kappa shape index (κ2) is 5.99. The van der Waals surface area contributed by atoms with Gasteiger partial charge < -0.3 is 5.32 Å². The first-order valence-corrected chi connectivity index (χ1v) is 6.03. The van der Waals surface area contributed by atoms with Gasteiger partial charge in [0.05, 0.1) is 0 Å². The van der Waals surface area contributed by atoms with E-state index in [4.69, 9.17) is 0 Å². The molecule has 0 aliphatic rings. The van der Waals surface area contributed by atoms with E-state index < -0.39 is 0 Å². The molecule has 1 rings (SSSR count). The third-order valence-corrected chi connectivity index (χ3v) is 3.12. The Kier molecular flexibility index (Phi) is 4.91. The lowest BCUT2D eigenvalue weighted by atomic mass is 10.1. The molecule has 2 heteroatoms. The van der Waals surface area contributed by atoms with Crippen molar-refractivity contribution in [3.63, 3.8) is 0 Å². The van der Waals surface area contributed by atoms with Crippen molar-refractivity contribution in [3.05, 3.63) is 34.5 Å². The van der Waals surface area contributed by atoms with Gasteiger partial charge in [-0.25, -0.2) is 0 Å². The molecule has 0 aromatic carbocycles. The highest BCUT2D eigenvalue weighted by Gasteiger charge is 2.09. The normalized spacial score (nSPS) is 12.7. The summed E-state index contributed by atoms with van der Waals surface area (Å²) in [6.07, 6.45) is 2.25. The van der Waals surface area contributed by atoms with Crippen LogP contribution in [0.3, 0.4) is 0 Å². The fourth-order valence-corrected chi connectivity index (χ4v) is 2.12. The number of thiophene rings is 1. The largest absolute Gasteiger partial charge is 0.310 e. The van der Waals surface area contributed by atoms with E-state index in [2.05, 4.69) is 43.3 Å². The van der Waals surface area contributed by atoms with Gasteiger partial charge in [-0.1, -0.05) is 25.1 Å². The summed E-state index contributed by atoms with van der Waals surface area (Å²) >= 11 is 1.82. The Bertz CT molecular complexity index is 264. The SMILES string of the molecule is C=C(C)C(Cc1cccs1)NCCC. The standard InChI is InChI=1S/C12H19NS/c1-4-7-13-12(10(2)3)9-11-6-5-8-14-11/h5-6,8,12-13H,2,4,7,9H2,1,3H3. The lowest BCUT2D eigenvalue weighted by Gasteiger charge is -2.17. The molecule has 0 amide bonds. The van der Waals surface area contributed by atoms with Gasteiger partial charge in [0.15, 0.2) is 0 Å². The highest BCUT2D eigenvalue weighted by Crippen LogP contribution is 2.14. The van der Waals surface area contributed by atoms with Crippen molar-refractivity contribution in [2.75, 3.05) is 6.54 Å². The van der Waals surface area contributed by atoms with E-state index >= 15 is 0 Å². The number of rotatable bonds is 6. The molecule has 0 spiro atoms. The van der Waals surface area contributed by atoms with E-state index in [1.807, 2.05) is 11.3 Å². The van der Waals surface area contributed by atoms with Crippen molar-refractivity contribution in [1.82, 2.24) is 5.32 Å². The second-order valence-corrected chi connectivity index (χ2v) is 4.67. The van der Waals surface area contributed by atoms with E-state index in [0.717, 1.165) is 13.0 Å². The van der Waals surface area contributed by atoms with Gasteiger partial charge in [0.2, 0.25) is 0 Å². The zero-order chi connectivity index (χ0) is 10.4. The molecule has 1 aromatic heterocycles. The monoisotopic (exact) mass is 209 g/mol. The van der Waals surface area contributed by atoms with E-state index in [-0.39, 0.29) is 0 Å². The average molecular weight is 209 g/mol. The fraction of sp³-hybridized carbons (Fsp3) is 0.500. The zero-order valence-electron chi connectivity index (χ0n) is 9.05. The van der Waals surface area contributed by atoms with Gasteiger partial charge >= 0.3 is 0 Å². The van der Waals surface area contributed by atoms with Gasteiger partial charge in [-0.2, -0.15) is 0 Å². The Balaban J connectivity index is 2.47. The number of hydrogen-bond acceptors (Lipinski definition) is 2. The Hall–Kier alpha value is -0.600. The molecular weight excluding hydrogens is 190 g/mol. The Labute approximate surface area is 90.9 Å². The highest BCUT2D eigenvalue weighted by atomic mass is 32.1. The maximum atomic E-state index is 4.03. The fourth-order valence-electron chi connectivity index (χ4n) is 1.37. The summed E-state index contributed by atoms with van der Waals surface area (Å²) in [6.45, 7) is 9.39. The van der Waals surface area contributed by atoms with Gasteiger partial charge in [0, 0.05) is 17.3 Å². The van der Waals surface area contributed by atoms with Crippen LogP contribution in [0.1, 0.15) is 25.1 Å². The van der Waals surface area contributed by atoms with Gasteiger partial charge in [-0.15, -0.1) is 11.3 Å². The summed E-state index contributed by atoms with van der Waals surface area (Å²) in [6, 6.07) is 4.73. The van der Waals surface area contributed by atoms with E-state index in [0.29, 0.717) is 6.04 Å². The van der Waals surface area contributed by atoms with Crippen LogP contribution >= 0.6 is 11.3 Å². The maximum Gasteiger partial charge on any atom is 0.0322 e. The second-order valence-electron chi connectivity index (χ2n) is 3.64. The van der Waals surface area contributed by atoms with Crippen LogP contribution < -0.4 is 5.32 Å². The molecule has 0 aliphatic carbocycles. The van der Waals surface area contributed by atoms with E-state index in [1.165, 1.54) is 16.9 Å². The van der Waals surface area contributed by atoms with Crippen molar-refractivity contribution in [3.8, 4) is 0 Å². The molecule has 0 radical (unpaired) electrons. The molecule has 1 heterocycles. The Morgan fingerprint density at radius 1 is 1.64 bits per heavy atom. The van der Waals surface area contributed by atoms with Crippen molar-refractivity contribution in [2.24, 2.45) is 0 Å². The number of hydrogen-bond donors (Lipinski definition) is 1. The van der Waals surface area contributed by atoms with Crippen molar-refractivity contribution in [2.45, 2.75) is 32.7 Å². The van der Waals surface area contributed by atoms with Gasteiger partial charge in [0.1, 0.15) is 0 Å². The van der Waals surface area contributed by atoms with Crippen LogP contribution in [-0.4, -0.2) is 12.6 Å². The lowest BCUT2D eigenvalue weighted by Crippen LogP contribution is -2.32. The molecule has 0 fully saturated rings. The molecule has 1 nitrogen and oxygen atoms in total. The minimum atomic E-state index is 0.439.